The molecule has 0 aromatic heterocycles. The molecule has 2 amide bonds. The second kappa shape index (κ2) is 4.63. The van der Waals surface area contributed by atoms with Gasteiger partial charge in [0, 0.05) is 30.9 Å². The van der Waals surface area contributed by atoms with Crippen LogP contribution in [-0.2, 0) is 4.79 Å². The Bertz CT molecular complexity index is 300. The van der Waals surface area contributed by atoms with Crippen LogP contribution in [0.1, 0.15) is 13.8 Å². The van der Waals surface area contributed by atoms with Gasteiger partial charge in [0.1, 0.15) is 6.04 Å². The second-order valence-corrected chi connectivity index (χ2v) is 5.50. The van der Waals surface area contributed by atoms with Gasteiger partial charge in [-0.1, -0.05) is 11.8 Å². The van der Waals surface area contributed by atoms with Crippen molar-refractivity contribution < 1.29 is 9.59 Å². The summed E-state index contributed by atoms with van der Waals surface area (Å²) in [5, 5.41) is 5.98. The molecule has 3 unspecified atom stereocenters. The van der Waals surface area contributed by atoms with Crippen LogP contribution in [0.15, 0.2) is 0 Å². The van der Waals surface area contributed by atoms with Crippen molar-refractivity contribution in [2.75, 3.05) is 18.8 Å². The van der Waals surface area contributed by atoms with Gasteiger partial charge in [-0.3, -0.25) is 9.59 Å². The van der Waals surface area contributed by atoms with E-state index in [9.17, 15) is 9.59 Å². The summed E-state index contributed by atoms with van der Waals surface area (Å²) in [4.78, 5) is 25.0. The molecule has 6 heteroatoms. The number of rotatable bonds is 1. The van der Waals surface area contributed by atoms with Gasteiger partial charge in [-0.15, -0.1) is 0 Å². The maximum Gasteiger partial charge on any atom is 0.279 e. The maximum atomic E-state index is 12.1. The highest BCUT2D eigenvalue weighted by molar-refractivity contribution is 8.14. The van der Waals surface area contributed by atoms with Crippen molar-refractivity contribution in [2.45, 2.75) is 32.0 Å². The van der Waals surface area contributed by atoms with Crippen molar-refractivity contribution >= 4 is 22.9 Å². The summed E-state index contributed by atoms with van der Waals surface area (Å²) in [5.41, 5.74) is 0. The van der Waals surface area contributed by atoms with E-state index in [-0.39, 0.29) is 17.2 Å². The molecule has 0 saturated carbocycles. The van der Waals surface area contributed by atoms with E-state index in [1.54, 1.807) is 0 Å². The summed E-state index contributed by atoms with van der Waals surface area (Å²) in [6, 6.07) is 0.310. The molecule has 3 atom stereocenters. The van der Waals surface area contributed by atoms with Gasteiger partial charge in [0.05, 0.1) is 0 Å². The van der Waals surface area contributed by atoms with Crippen LogP contribution >= 0.6 is 11.8 Å². The van der Waals surface area contributed by atoms with Crippen molar-refractivity contribution in [2.24, 2.45) is 0 Å². The van der Waals surface area contributed by atoms with Gasteiger partial charge < -0.3 is 15.5 Å². The first-order chi connectivity index (χ1) is 7.56. The number of hydrogen-bond donors (Lipinski definition) is 2. The van der Waals surface area contributed by atoms with E-state index >= 15 is 0 Å². The van der Waals surface area contributed by atoms with E-state index in [0.29, 0.717) is 17.8 Å². The molecule has 90 valence electrons. The van der Waals surface area contributed by atoms with Gasteiger partial charge in [-0.2, -0.15) is 0 Å². The molecule has 0 aromatic rings. The predicted octanol–water partition coefficient (Wildman–Crippen LogP) is 0.0202. The Morgan fingerprint density at radius 2 is 2.00 bits per heavy atom. The molecular formula is C10H17N3O2S. The Balaban J connectivity index is 1.96. The van der Waals surface area contributed by atoms with E-state index in [4.69, 9.17) is 0 Å². The summed E-state index contributed by atoms with van der Waals surface area (Å²) >= 11 is 1.19. The molecule has 2 aliphatic heterocycles. The molecule has 0 bridgehead atoms. The largest absolute Gasteiger partial charge is 0.338 e. The molecule has 2 N–H and O–H groups in total. The minimum atomic E-state index is -0.324. The number of thioether (sulfide) groups is 1. The zero-order chi connectivity index (χ0) is 11.7. The molecule has 0 spiro atoms. The number of piperazine rings is 1. The fraction of sp³-hybridized carbons (Fsp3) is 0.800. The van der Waals surface area contributed by atoms with Gasteiger partial charge in [0.2, 0.25) is 5.91 Å². The minimum absolute atomic E-state index is 0.0542. The third kappa shape index (κ3) is 2.49. The number of nitrogens with one attached hydrogen (secondary N) is 2. The maximum absolute atomic E-state index is 12.1. The molecular weight excluding hydrogens is 226 g/mol. The molecule has 2 rings (SSSR count). The first-order valence-electron chi connectivity index (χ1n) is 5.54. The lowest BCUT2D eigenvalue weighted by Crippen LogP contribution is -2.59. The topological polar surface area (TPSA) is 61.4 Å². The van der Waals surface area contributed by atoms with E-state index in [0.717, 1.165) is 13.1 Å². The highest BCUT2D eigenvalue weighted by atomic mass is 32.2. The van der Waals surface area contributed by atoms with Crippen molar-refractivity contribution in [1.82, 2.24) is 15.5 Å². The lowest BCUT2D eigenvalue weighted by Gasteiger charge is -2.37. The standard InChI is InChI=1S/C10H17N3O2S/c1-6-3-13(4-7(2)11-6)9(14)8-5-16-10(15)12-8/h6-8,11H,3-5H2,1-2H3,(H,12,15). The van der Waals surface area contributed by atoms with Crippen molar-refractivity contribution in [3.8, 4) is 0 Å². The lowest BCUT2D eigenvalue weighted by molar-refractivity contribution is -0.134. The molecule has 2 saturated heterocycles. The van der Waals surface area contributed by atoms with Crippen molar-refractivity contribution in [1.29, 1.82) is 0 Å². The Kier molecular flexibility index (Phi) is 3.39. The fourth-order valence-corrected chi connectivity index (χ4v) is 3.01. The van der Waals surface area contributed by atoms with Crippen LogP contribution in [0.25, 0.3) is 0 Å². The van der Waals surface area contributed by atoms with Crippen molar-refractivity contribution in [3.63, 3.8) is 0 Å². The van der Waals surface area contributed by atoms with Gasteiger partial charge in [0.25, 0.3) is 5.24 Å². The molecule has 16 heavy (non-hydrogen) atoms. The number of hydrogen-bond acceptors (Lipinski definition) is 4. The zero-order valence-electron chi connectivity index (χ0n) is 9.53. The van der Waals surface area contributed by atoms with Crippen LogP contribution in [0.3, 0.4) is 0 Å². The smallest absolute Gasteiger partial charge is 0.279 e. The van der Waals surface area contributed by atoms with E-state index in [2.05, 4.69) is 24.5 Å². The minimum Gasteiger partial charge on any atom is -0.338 e. The molecule has 0 aliphatic carbocycles. The monoisotopic (exact) mass is 243 g/mol. The van der Waals surface area contributed by atoms with Crippen LogP contribution in [-0.4, -0.2) is 53.0 Å². The SMILES string of the molecule is CC1CN(C(=O)C2CSC(=O)N2)CC(C)N1. The molecule has 0 radical (unpaired) electrons. The molecule has 5 nitrogen and oxygen atoms in total. The van der Waals surface area contributed by atoms with E-state index < -0.39 is 0 Å². The summed E-state index contributed by atoms with van der Waals surface area (Å²) in [6.07, 6.45) is 0. The number of carbonyl (C=O) groups is 2. The third-order valence-corrected chi connectivity index (χ3v) is 3.72. The Morgan fingerprint density at radius 3 is 2.50 bits per heavy atom. The van der Waals surface area contributed by atoms with Gasteiger partial charge in [0.15, 0.2) is 0 Å². The number of carbonyl (C=O) groups excluding carboxylic acids is 2. The van der Waals surface area contributed by atoms with Gasteiger partial charge in [-0.05, 0) is 13.8 Å². The lowest BCUT2D eigenvalue weighted by atomic mass is 10.1. The quantitative estimate of drug-likeness (QED) is 0.681. The molecule has 2 aliphatic rings. The molecule has 2 fully saturated rings. The summed E-state index contributed by atoms with van der Waals surface area (Å²) < 4.78 is 0. The summed E-state index contributed by atoms with van der Waals surface area (Å²) in [6.45, 7) is 5.58. The van der Waals surface area contributed by atoms with Crippen LogP contribution < -0.4 is 10.6 Å². The van der Waals surface area contributed by atoms with Crippen molar-refractivity contribution in [3.05, 3.63) is 0 Å². The predicted molar refractivity (Wildman–Crippen MR) is 63.4 cm³/mol. The van der Waals surface area contributed by atoms with E-state index in [1.165, 1.54) is 11.8 Å². The summed E-state index contributed by atoms with van der Waals surface area (Å²) in [5.74, 6) is 0.614. The van der Waals surface area contributed by atoms with Crippen LogP contribution in [0.4, 0.5) is 4.79 Å². The Hall–Kier alpha value is -0.750. The zero-order valence-corrected chi connectivity index (χ0v) is 10.3. The number of amides is 2. The summed E-state index contributed by atoms with van der Waals surface area (Å²) in [7, 11) is 0. The average Bonchev–Trinajstić information content (AvgIpc) is 2.62. The first kappa shape index (κ1) is 11.7. The Morgan fingerprint density at radius 1 is 1.38 bits per heavy atom. The Labute approximate surface area is 99.3 Å². The fourth-order valence-electron chi connectivity index (χ4n) is 2.24. The highest BCUT2D eigenvalue weighted by Gasteiger charge is 2.34. The van der Waals surface area contributed by atoms with Crippen LogP contribution in [0.2, 0.25) is 0 Å². The van der Waals surface area contributed by atoms with Crippen LogP contribution in [0.5, 0.6) is 0 Å². The molecule has 2 heterocycles. The van der Waals surface area contributed by atoms with Gasteiger partial charge >= 0.3 is 0 Å². The molecule has 0 aromatic carbocycles. The highest BCUT2D eigenvalue weighted by Crippen LogP contribution is 2.16. The van der Waals surface area contributed by atoms with Gasteiger partial charge in [-0.25, -0.2) is 0 Å². The first-order valence-corrected chi connectivity index (χ1v) is 6.53. The van der Waals surface area contributed by atoms with E-state index in [1.807, 2.05) is 4.90 Å². The van der Waals surface area contributed by atoms with Crippen LogP contribution in [0, 0.1) is 0 Å². The number of nitrogens with zero attached hydrogens (tertiary/aromatic N) is 1. The average molecular weight is 243 g/mol. The second-order valence-electron chi connectivity index (χ2n) is 4.51. The third-order valence-electron chi connectivity index (χ3n) is 2.84. The normalized spacial score (nSPS) is 35.0.